The maximum atomic E-state index is 12.4. The first-order valence-corrected chi connectivity index (χ1v) is 9.02. The van der Waals surface area contributed by atoms with Crippen molar-refractivity contribution in [3.63, 3.8) is 0 Å². The van der Waals surface area contributed by atoms with Gasteiger partial charge < -0.3 is 5.21 Å². The average molecular weight is 228 g/mol. The zero-order valence-electron chi connectivity index (χ0n) is 11.3. The van der Waals surface area contributed by atoms with Crippen LogP contribution >= 0.6 is 0 Å². The zero-order valence-corrected chi connectivity index (χ0v) is 12.3. The summed E-state index contributed by atoms with van der Waals surface area (Å²) in [4.78, 5) is 2.18. The number of hydrogen-bond donors (Lipinski definition) is 0. The topological polar surface area (TPSA) is 29.3 Å². The molecule has 0 fully saturated rings. The first kappa shape index (κ1) is 12.7. The molecule has 0 aromatic rings. The molecule has 1 aliphatic heterocycles. The molecule has 0 saturated heterocycles. The Labute approximate surface area is 94.4 Å². The van der Waals surface area contributed by atoms with Crippen molar-refractivity contribution in [2.45, 2.75) is 58.5 Å². The normalized spacial score (nSPS) is 26.1. The summed E-state index contributed by atoms with van der Waals surface area (Å²) in [6.07, 6.45) is 0. The molecule has 3 nitrogen and oxygen atoms in total. The lowest BCUT2D eigenvalue weighted by Crippen LogP contribution is -2.54. The van der Waals surface area contributed by atoms with E-state index in [9.17, 15) is 5.21 Å². The maximum absolute atomic E-state index is 12.4. The predicted molar refractivity (Wildman–Crippen MR) is 67.9 cm³/mol. The molecule has 0 spiro atoms. The van der Waals surface area contributed by atoms with E-state index in [-0.39, 0.29) is 5.54 Å². The summed E-state index contributed by atoms with van der Waals surface area (Å²) in [5.41, 5.74) is -0.533. The lowest BCUT2D eigenvalue weighted by Gasteiger charge is -2.33. The number of rotatable bonds is 1. The van der Waals surface area contributed by atoms with E-state index in [1.165, 1.54) is 4.74 Å². The van der Waals surface area contributed by atoms with Gasteiger partial charge in [0.25, 0.3) is 0 Å². The van der Waals surface area contributed by atoms with Gasteiger partial charge in [0.15, 0.2) is 13.4 Å². The molecule has 88 valence electrons. The first-order valence-electron chi connectivity index (χ1n) is 5.52. The van der Waals surface area contributed by atoms with E-state index < -0.39 is 13.7 Å². The van der Waals surface area contributed by atoms with E-state index in [2.05, 4.69) is 38.4 Å². The van der Waals surface area contributed by atoms with Crippen molar-refractivity contribution in [3.8, 4) is 0 Å². The summed E-state index contributed by atoms with van der Waals surface area (Å²) in [7, 11) is 0.475. The highest BCUT2D eigenvalue weighted by molar-refractivity contribution is 7.04. The van der Waals surface area contributed by atoms with E-state index in [1.54, 1.807) is 0 Å². The van der Waals surface area contributed by atoms with Gasteiger partial charge in [0.2, 0.25) is 5.66 Å². The average Bonchev–Trinajstić information content (AvgIpc) is 2.09. The number of hydrogen-bond acceptors (Lipinski definition) is 2. The fraction of sp³-hybridized carbons (Fsp3) is 0.909. The van der Waals surface area contributed by atoms with Crippen LogP contribution in [0.15, 0.2) is 0 Å². The van der Waals surface area contributed by atoms with Crippen LogP contribution in [0.2, 0.25) is 19.6 Å². The maximum Gasteiger partial charge on any atom is 0.223 e. The van der Waals surface area contributed by atoms with Crippen LogP contribution in [0.25, 0.3) is 0 Å². The van der Waals surface area contributed by atoms with Crippen LogP contribution in [0, 0.1) is 5.21 Å². The third-order valence-corrected chi connectivity index (χ3v) is 5.89. The van der Waals surface area contributed by atoms with E-state index in [0.29, 0.717) is 0 Å². The van der Waals surface area contributed by atoms with Crippen molar-refractivity contribution in [1.82, 2.24) is 4.90 Å². The van der Waals surface area contributed by atoms with Crippen molar-refractivity contribution in [3.05, 3.63) is 5.21 Å². The minimum absolute atomic E-state index is 0.115. The van der Waals surface area contributed by atoms with E-state index in [1.807, 2.05) is 20.9 Å². The third-order valence-electron chi connectivity index (χ3n) is 3.65. The van der Waals surface area contributed by atoms with Crippen LogP contribution in [0.4, 0.5) is 0 Å². The third kappa shape index (κ3) is 1.64. The van der Waals surface area contributed by atoms with Gasteiger partial charge in [-0.3, -0.25) is 0 Å². The van der Waals surface area contributed by atoms with Crippen molar-refractivity contribution in [2.24, 2.45) is 0 Å². The number of nitrogens with zero attached hydrogens (tertiary/aromatic N) is 2. The van der Waals surface area contributed by atoms with Gasteiger partial charge in [-0.15, -0.1) is 0 Å². The second kappa shape index (κ2) is 3.07. The van der Waals surface area contributed by atoms with Crippen molar-refractivity contribution >= 4 is 13.4 Å². The number of hydroxylamine groups is 1. The van der Waals surface area contributed by atoms with Crippen molar-refractivity contribution in [2.75, 3.05) is 7.05 Å². The van der Waals surface area contributed by atoms with Crippen LogP contribution in [-0.4, -0.2) is 41.3 Å². The first-order chi connectivity index (χ1) is 6.43. The monoisotopic (exact) mass is 228 g/mol. The molecule has 15 heavy (non-hydrogen) atoms. The molecule has 0 aromatic carbocycles. The lowest BCUT2D eigenvalue weighted by molar-refractivity contribution is -0.555. The summed E-state index contributed by atoms with van der Waals surface area (Å²) in [6, 6.07) is 0. The quantitative estimate of drug-likeness (QED) is 0.391. The standard InChI is InChI=1S/C11H24N2OSi/c1-10(2)9(15(6,7)8)13(14)11(3,4)12(10)5/h1-8H3. The molecule has 1 aliphatic rings. The van der Waals surface area contributed by atoms with Crippen LogP contribution in [0.3, 0.4) is 0 Å². The van der Waals surface area contributed by atoms with Crippen LogP contribution in [-0.2, 0) is 0 Å². The minimum atomic E-state index is -1.56. The summed E-state index contributed by atoms with van der Waals surface area (Å²) in [5, 5.41) is 13.5. The Morgan fingerprint density at radius 2 is 1.53 bits per heavy atom. The fourth-order valence-electron chi connectivity index (χ4n) is 2.72. The molecule has 0 radical (unpaired) electrons. The Kier molecular flexibility index (Phi) is 2.61. The highest BCUT2D eigenvalue weighted by atomic mass is 28.3. The Hall–Kier alpha value is -0.353. The van der Waals surface area contributed by atoms with Gasteiger partial charge in [0, 0.05) is 13.8 Å². The van der Waals surface area contributed by atoms with Gasteiger partial charge in [0.05, 0.1) is 5.54 Å². The van der Waals surface area contributed by atoms with Crippen LogP contribution in [0.1, 0.15) is 27.7 Å². The Morgan fingerprint density at radius 3 is 1.67 bits per heavy atom. The van der Waals surface area contributed by atoms with E-state index in [0.717, 1.165) is 5.33 Å². The molecule has 0 bridgehead atoms. The Morgan fingerprint density at radius 1 is 1.13 bits per heavy atom. The molecule has 0 amide bonds. The van der Waals surface area contributed by atoms with Crippen molar-refractivity contribution < 1.29 is 4.74 Å². The molecule has 0 aromatic heterocycles. The highest BCUT2D eigenvalue weighted by Gasteiger charge is 2.57. The minimum Gasteiger partial charge on any atom is -0.623 e. The van der Waals surface area contributed by atoms with Gasteiger partial charge in [-0.1, -0.05) is 19.6 Å². The van der Waals surface area contributed by atoms with Gasteiger partial charge in [-0.25, -0.2) is 4.90 Å². The molecule has 0 N–H and O–H groups in total. The molecule has 0 atom stereocenters. The van der Waals surface area contributed by atoms with Crippen molar-refractivity contribution in [1.29, 1.82) is 0 Å². The van der Waals surface area contributed by atoms with Gasteiger partial charge in [-0.05, 0) is 20.9 Å². The van der Waals surface area contributed by atoms with Crippen LogP contribution in [0.5, 0.6) is 0 Å². The second-order valence-corrected chi connectivity index (χ2v) is 11.5. The largest absolute Gasteiger partial charge is 0.623 e. The molecular formula is C11H24N2OSi. The van der Waals surface area contributed by atoms with Gasteiger partial charge in [-0.2, -0.15) is 4.74 Å². The fourth-order valence-corrected chi connectivity index (χ4v) is 5.61. The SMILES string of the molecule is CN1C(C)(C)C([Si](C)(C)C)=[N+]([O-])C1(C)C. The molecular weight excluding hydrogens is 204 g/mol. The van der Waals surface area contributed by atoms with Gasteiger partial charge in [0.1, 0.15) is 0 Å². The van der Waals surface area contributed by atoms with E-state index >= 15 is 0 Å². The summed E-state index contributed by atoms with van der Waals surface area (Å²) in [6.45, 7) is 15.0. The highest BCUT2D eigenvalue weighted by Crippen LogP contribution is 2.35. The molecule has 4 heteroatoms. The smallest absolute Gasteiger partial charge is 0.223 e. The van der Waals surface area contributed by atoms with Crippen LogP contribution < -0.4 is 0 Å². The van der Waals surface area contributed by atoms with Gasteiger partial charge >= 0.3 is 0 Å². The molecule has 1 heterocycles. The second-order valence-electron chi connectivity index (χ2n) is 6.51. The summed E-state index contributed by atoms with van der Waals surface area (Å²) in [5.74, 6) is 0. The molecule has 0 unspecified atom stereocenters. The van der Waals surface area contributed by atoms with E-state index in [4.69, 9.17) is 0 Å². The predicted octanol–water partition coefficient (Wildman–Crippen LogP) is 2.28. The Balaban J connectivity index is 3.41. The molecule has 0 aliphatic carbocycles. The molecule has 1 rings (SSSR count). The lowest BCUT2D eigenvalue weighted by atomic mass is 10.0. The summed E-state index contributed by atoms with van der Waals surface area (Å²) < 4.78 is 1.25. The summed E-state index contributed by atoms with van der Waals surface area (Å²) >= 11 is 0. The molecule has 0 saturated carbocycles. The Bertz CT molecular complexity index is 313. The zero-order chi connectivity index (χ0) is 12.2.